The number of carbonyl (C=O) groups is 1. The summed E-state index contributed by atoms with van der Waals surface area (Å²) in [4.78, 5) is 22.6. The Morgan fingerprint density at radius 3 is 2.48 bits per heavy atom. The van der Waals surface area contributed by atoms with Crippen molar-refractivity contribution in [2.75, 3.05) is 7.11 Å². The van der Waals surface area contributed by atoms with E-state index in [1.165, 1.54) is 19.2 Å². The van der Waals surface area contributed by atoms with Gasteiger partial charge in [0.15, 0.2) is 0 Å². The first kappa shape index (κ1) is 27.5. The SMILES string of the molecule is COC(=O)c1cc(C#Cc2ccc(OCc3c(-c4c(Cl)cccc4Cl)noc3C3CC3)cc2Cl)cc([N+](=O)[O-])c1. The van der Waals surface area contributed by atoms with E-state index in [2.05, 4.69) is 21.7 Å². The van der Waals surface area contributed by atoms with Crippen molar-refractivity contribution >= 4 is 46.5 Å². The fourth-order valence-corrected chi connectivity index (χ4v) is 4.85. The second-order valence-electron chi connectivity index (χ2n) is 8.94. The first-order chi connectivity index (χ1) is 19.2. The Labute approximate surface area is 243 Å². The van der Waals surface area contributed by atoms with Crippen LogP contribution in [0.5, 0.6) is 5.75 Å². The van der Waals surface area contributed by atoms with E-state index >= 15 is 0 Å². The summed E-state index contributed by atoms with van der Waals surface area (Å²) in [5.41, 5.74) is 2.36. The van der Waals surface area contributed by atoms with Crippen LogP contribution in [-0.2, 0) is 11.3 Å². The molecular weight excluding hydrogens is 579 g/mol. The lowest BCUT2D eigenvalue weighted by Crippen LogP contribution is -2.03. The molecule has 0 bridgehead atoms. The topological polar surface area (TPSA) is 105 Å². The summed E-state index contributed by atoms with van der Waals surface area (Å²) < 4.78 is 16.4. The third-order valence-electron chi connectivity index (χ3n) is 6.18. The van der Waals surface area contributed by atoms with E-state index in [0.717, 1.165) is 30.2 Å². The normalized spacial score (nSPS) is 12.4. The summed E-state index contributed by atoms with van der Waals surface area (Å²) in [5, 5.41) is 16.8. The first-order valence-corrected chi connectivity index (χ1v) is 13.1. The van der Waals surface area contributed by atoms with Crippen LogP contribution in [-0.4, -0.2) is 23.2 Å². The van der Waals surface area contributed by atoms with Gasteiger partial charge in [0.1, 0.15) is 23.8 Å². The zero-order valence-electron chi connectivity index (χ0n) is 20.9. The zero-order valence-corrected chi connectivity index (χ0v) is 23.1. The molecule has 8 nitrogen and oxygen atoms in total. The maximum atomic E-state index is 11.9. The van der Waals surface area contributed by atoms with E-state index in [0.29, 0.717) is 37.6 Å². The molecule has 0 spiro atoms. The molecule has 1 heterocycles. The smallest absolute Gasteiger partial charge is 0.338 e. The summed E-state index contributed by atoms with van der Waals surface area (Å²) in [6.07, 6.45) is 2.01. The third-order valence-corrected chi connectivity index (χ3v) is 7.12. The Morgan fingerprint density at radius 1 is 1.07 bits per heavy atom. The quantitative estimate of drug-likeness (QED) is 0.0924. The van der Waals surface area contributed by atoms with Crippen LogP contribution in [0, 0.1) is 22.0 Å². The number of nitro benzene ring substituents is 1. The number of non-ortho nitro benzene ring substituents is 1. The third kappa shape index (κ3) is 5.92. The molecule has 5 rings (SSSR count). The molecule has 1 aliphatic carbocycles. The monoisotopic (exact) mass is 596 g/mol. The van der Waals surface area contributed by atoms with Crippen molar-refractivity contribution < 1.29 is 23.7 Å². The summed E-state index contributed by atoms with van der Waals surface area (Å²) in [5.74, 6) is 6.51. The van der Waals surface area contributed by atoms with Crippen LogP contribution in [0.2, 0.25) is 15.1 Å². The van der Waals surface area contributed by atoms with E-state index in [1.54, 1.807) is 36.4 Å². The Kier molecular flexibility index (Phi) is 7.99. The van der Waals surface area contributed by atoms with Crippen molar-refractivity contribution in [2.24, 2.45) is 0 Å². The molecule has 4 aromatic rings. The molecule has 1 fully saturated rings. The van der Waals surface area contributed by atoms with Gasteiger partial charge in [0.05, 0.1) is 38.2 Å². The van der Waals surface area contributed by atoms with Crippen molar-refractivity contribution in [2.45, 2.75) is 25.4 Å². The molecule has 0 unspecified atom stereocenters. The van der Waals surface area contributed by atoms with Gasteiger partial charge in [-0.15, -0.1) is 0 Å². The van der Waals surface area contributed by atoms with Gasteiger partial charge in [-0.3, -0.25) is 10.1 Å². The highest BCUT2D eigenvalue weighted by molar-refractivity contribution is 6.39. The Balaban J connectivity index is 1.38. The summed E-state index contributed by atoms with van der Waals surface area (Å²) >= 11 is 19.3. The van der Waals surface area contributed by atoms with E-state index in [9.17, 15) is 14.9 Å². The minimum atomic E-state index is -0.705. The number of rotatable bonds is 7. The molecule has 0 N–H and O–H groups in total. The highest BCUT2D eigenvalue weighted by Crippen LogP contribution is 2.46. The number of hydrogen-bond donors (Lipinski definition) is 0. The van der Waals surface area contributed by atoms with Gasteiger partial charge in [-0.1, -0.05) is 57.9 Å². The van der Waals surface area contributed by atoms with E-state index in [4.69, 9.17) is 44.1 Å². The molecule has 11 heteroatoms. The van der Waals surface area contributed by atoms with Crippen molar-refractivity contribution in [3.8, 4) is 28.8 Å². The first-order valence-electron chi connectivity index (χ1n) is 12.0. The van der Waals surface area contributed by atoms with Crippen molar-refractivity contribution in [3.05, 3.63) is 108 Å². The number of ether oxygens (including phenoxy) is 2. The second-order valence-corrected chi connectivity index (χ2v) is 10.2. The highest BCUT2D eigenvalue weighted by Gasteiger charge is 2.33. The van der Waals surface area contributed by atoms with E-state index in [1.807, 2.05) is 0 Å². The van der Waals surface area contributed by atoms with E-state index < -0.39 is 10.9 Å². The maximum absolute atomic E-state index is 11.9. The van der Waals surface area contributed by atoms with Crippen LogP contribution in [0.4, 0.5) is 5.69 Å². The summed E-state index contributed by atoms with van der Waals surface area (Å²) in [6, 6.07) is 14.0. The van der Waals surface area contributed by atoms with Crippen LogP contribution in [0.1, 0.15) is 51.6 Å². The molecule has 3 aromatic carbocycles. The van der Waals surface area contributed by atoms with Gasteiger partial charge < -0.3 is 14.0 Å². The fourth-order valence-electron chi connectivity index (χ4n) is 4.05. The number of carbonyl (C=O) groups excluding carboxylic acids is 1. The predicted molar refractivity (Wildman–Crippen MR) is 150 cm³/mol. The predicted octanol–water partition coefficient (Wildman–Crippen LogP) is 7.85. The largest absolute Gasteiger partial charge is 0.489 e. The van der Waals surface area contributed by atoms with Gasteiger partial charge in [-0.2, -0.15) is 0 Å². The molecule has 0 aliphatic heterocycles. The molecule has 1 aliphatic rings. The lowest BCUT2D eigenvalue weighted by Gasteiger charge is -2.10. The van der Waals surface area contributed by atoms with Crippen molar-refractivity contribution in [1.82, 2.24) is 5.16 Å². The summed E-state index contributed by atoms with van der Waals surface area (Å²) in [7, 11) is 1.19. The lowest BCUT2D eigenvalue weighted by molar-refractivity contribution is -0.384. The van der Waals surface area contributed by atoms with Crippen LogP contribution < -0.4 is 4.74 Å². The average molecular weight is 598 g/mol. The lowest BCUT2D eigenvalue weighted by atomic mass is 10.0. The number of halogens is 3. The molecule has 1 aromatic heterocycles. The molecule has 0 atom stereocenters. The van der Waals surface area contributed by atoms with Gasteiger partial charge in [0.25, 0.3) is 5.69 Å². The Hall–Kier alpha value is -4.03. The van der Waals surface area contributed by atoms with Gasteiger partial charge in [-0.25, -0.2) is 4.79 Å². The van der Waals surface area contributed by atoms with Gasteiger partial charge in [-0.05, 0) is 43.2 Å². The number of aromatic nitrogens is 1. The molecule has 0 radical (unpaired) electrons. The molecule has 202 valence electrons. The zero-order chi connectivity index (χ0) is 28.4. The molecular formula is C29H19Cl3N2O6. The van der Waals surface area contributed by atoms with Gasteiger partial charge in [0.2, 0.25) is 0 Å². The number of benzene rings is 3. The number of nitro groups is 1. The fraction of sp³-hybridized carbons (Fsp3) is 0.172. The van der Waals surface area contributed by atoms with Crippen molar-refractivity contribution in [1.29, 1.82) is 0 Å². The number of esters is 1. The molecule has 0 amide bonds. The van der Waals surface area contributed by atoms with Gasteiger partial charge in [0, 0.05) is 40.8 Å². The van der Waals surface area contributed by atoms with Crippen LogP contribution >= 0.6 is 34.8 Å². The number of hydrogen-bond acceptors (Lipinski definition) is 7. The second kappa shape index (κ2) is 11.6. The standard InChI is InChI=1S/C29H19Cl3N2O6/c1-38-29(35)19-11-16(12-20(13-19)34(36)37)5-6-17-9-10-21(14-25(17)32)39-15-22-27(33-40-28(22)18-7-8-18)26-23(30)3-2-4-24(26)31/h2-4,9-14,18H,7-8,15H2,1H3. The average Bonchev–Trinajstić information content (AvgIpc) is 3.70. The number of nitrogens with zero attached hydrogens (tertiary/aromatic N) is 2. The molecule has 0 saturated heterocycles. The minimum absolute atomic E-state index is 0.0209. The molecule has 1 saturated carbocycles. The Morgan fingerprint density at radius 2 is 1.82 bits per heavy atom. The van der Waals surface area contributed by atoms with Gasteiger partial charge >= 0.3 is 5.97 Å². The van der Waals surface area contributed by atoms with Crippen molar-refractivity contribution in [3.63, 3.8) is 0 Å². The van der Waals surface area contributed by atoms with E-state index in [-0.39, 0.29) is 29.3 Å². The summed E-state index contributed by atoms with van der Waals surface area (Å²) in [6.45, 7) is 0.150. The Bertz CT molecular complexity index is 1680. The van der Waals surface area contributed by atoms with Crippen LogP contribution in [0.25, 0.3) is 11.3 Å². The molecule has 40 heavy (non-hydrogen) atoms. The number of methoxy groups -OCH3 is 1. The minimum Gasteiger partial charge on any atom is -0.489 e. The van der Waals surface area contributed by atoms with Crippen LogP contribution in [0.3, 0.4) is 0 Å². The maximum Gasteiger partial charge on any atom is 0.338 e. The van der Waals surface area contributed by atoms with Crippen LogP contribution in [0.15, 0.2) is 59.1 Å². The highest BCUT2D eigenvalue weighted by atomic mass is 35.5.